The molecule has 1 atom stereocenters. The van der Waals surface area contributed by atoms with Crippen LogP contribution in [-0.2, 0) is 4.74 Å². The lowest BCUT2D eigenvalue weighted by molar-refractivity contribution is 0.00630. The number of aliphatic hydroxyl groups is 1. The van der Waals surface area contributed by atoms with E-state index < -0.39 is 0 Å². The third-order valence-electron chi connectivity index (χ3n) is 3.96. The van der Waals surface area contributed by atoms with Crippen molar-refractivity contribution in [3.8, 4) is 0 Å². The van der Waals surface area contributed by atoms with Gasteiger partial charge in [-0.2, -0.15) is 0 Å². The molecule has 0 spiro atoms. The number of piperidine rings is 1. The number of ether oxygens (including phenoxy) is 1. The van der Waals surface area contributed by atoms with E-state index >= 15 is 0 Å². The quantitative estimate of drug-likeness (QED) is 0.749. The van der Waals surface area contributed by atoms with Gasteiger partial charge in [-0.1, -0.05) is 0 Å². The van der Waals surface area contributed by atoms with Gasteiger partial charge in [0.15, 0.2) is 0 Å². The Morgan fingerprint density at radius 3 is 2.27 bits per heavy atom. The van der Waals surface area contributed by atoms with Crippen LogP contribution in [-0.4, -0.2) is 48.5 Å². The Kier molecular flexibility index (Phi) is 4.00. The van der Waals surface area contributed by atoms with Crippen molar-refractivity contribution in [2.45, 2.75) is 44.8 Å². The molecule has 1 N–H and O–H groups in total. The van der Waals surface area contributed by atoms with Crippen molar-refractivity contribution in [3.05, 3.63) is 0 Å². The average molecular weight is 213 g/mol. The van der Waals surface area contributed by atoms with Gasteiger partial charge in [0.25, 0.3) is 0 Å². The zero-order valence-corrected chi connectivity index (χ0v) is 9.69. The van der Waals surface area contributed by atoms with E-state index in [2.05, 4.69) is 4.90 Å². The maximum absolute atomic E-state index is 9.54. The molecular formula is C12H23NO2. The predicted octanol–water partition coefficient (Wildman–Crippen LogP) is 1.26. The standard InChI is InChI=1S/C12H23NO2/c1-10(14)11-2-6-13(7-3-11)12-4-8-15-9-5-12/h10-12,14H,2-9H2,1H3/t10-/m0/s1. The molecule has 0 radical (unpaired) electrons. The maximum Gasteiger partial charge on any atom is 0.0541 e. The molecule has 3 heteroatoms. The second-order valence-electron chi connectivity index (χ2n) is 4.96. The number of hydrogen-bond acceptors (Lipinski definition) is 3. The molecule has 2 heterocycles. The molecule has 2 aliphatic heterocycles. The summed E-state index contributed by atoms with van der Waals surface area (Å²) in [5.74, 6) is 0.529. The first-order valence-electron chi connectivity index (χ1n) is 6.27. The van der Waals surface area contributed by atoms with E-state index in [9.17, 15) is 5.11 Å². The fourth-order valence-corrected chi connectivity index (χ4v) is 2.82. The third-order valence-corrected chi connectivity index (χ3v) is 3.96. The summed E-state index contributed by atoms with van der Waals surface area (Å²) in [6.07, 6.45) is 4.59. The van der Waals surface area contributed by atoms with Gasteiger partial charge in [0, 0.05) is 19.3 Å². The molecule has 2 fully saturated rings. The van der Waals surface area contributed by atoms with E-state index in [-0.39, 0.29) is 6.10 Å². The summed E-state index contributed by atoms with van der Waals surface area (Å²) in [6.45, 7) is 6.12. The Morgan fingerprint density at radius 1 is 1.13 bits per heavy atom. The molecule has 0 aromatic carbocycles. The monoisotopic (exact) mass is 213 g/mol. The molecule has 15 heavy (non-hydrogen) atoms. The van der Waals surface area contributed by atoms with Crippen molar-refractivity contribution >= 4 is 0 Å². The van der Waals surface area contributed by atoms with E-state index in [1.165, 1.54) is 25.9 Å². The maximum atomic E-state index is 9.54. The Labute approximate surface area is 92.4 Å². The van der Waals surface area contributed by atoms with Gasteiger partial charge in [0.2, 0.25) is 0 Å². The van der Waals surface area contributed by atoms with Crippen LogP contribution in [0.2, 0.25) is 0 Å². The topological polar surface area (TPSA) is 32.7 Å². The highest BCUT2D eigenvalue weighted by molar-refractivity contribution is 4.81. The fraction of sp³-hybridized carbons (Fsp3) is 1.00. The summed E-state index contributed by atoms with van der Waals surface area (Å²) in [7, 11) is 0. The van der Waals surface area contributed by atoms with Crippen molar-refractivity contribution < 1.29 is 9.84 Å². The van der Waals surface area contributed by atoms with Gasteiger partial charge in [-0.3, -0.25) is 0 Å². The van der Waals surface area contributed by atoms with Crippen LogP contribution in [0.4, 0.5) is 0 Å². The first-order chi connectivity index (χ1) is 7.27. The highest BCUT2D eigenvalue weighted by Crippen LogP contribution is 2.24. The number of hydrogen-bond donors (Lipinski definition) is 1. The summed E-state index contributed by atoms with van der Waals surface area (Å²) < 4.78 is 5.38. The highest BCUT2D eigenvalue weighted by Gasteiger charge is 2.27. The number of likely N-dealkylation sites (tertiary alicyclic amines) is 1. The Hall–Kier alpha value is -0.120. The molecule has 2 aliphatic rings. The van der Waals surface area contributed by atoms with Crippen LogP contribution in [0, 0.1) is 5.92 Å². The van der Waals surface area contributed by atoms with E-state index in [0.29, 0.717) is 5.92 Å². The zero-order chi connectivity index (χ0) is 10.7. The molecule has 2 rings (SSSR count). The molecule has 0 aliphatic carbocycles. The van der Waals surface area contributed by atoms with E-state index in [1.54, 1.807) is 0 Å². The van der Waals surface area contributed by atoms with Gasteiger partial charge in [-0.05, 0) is 51.6 Å². The minimum atomic E-state index is -0.123. The molecule has 0 aromatic rings. The Morgan fingerprint density at radius 2 is 1.73 bits per heavy atom. The van der Waals surface area contributed by atoms with Crippen LogP contribution in [0.5, 0.6) is 0 Å². The van der Waals surface area contributed by atoms with Gasteiger partial charge in [0.05, 0.1) is 6.10 Å². The molecule has 2 saturated heterocycles. The second-order valence-corrected chi connectivity index (χ2v) is 4.96. The molecule has 0 aromatic heterocycles. The lowest BCUT2D eigenvalue weighted by atomic mass is 9.90. The van der Waals surface area contributed by atoms with Gasteiger partial charge in [-0.25, -0.2) is 0 Å². The number of aliphatic hydroxyl groups excluding tert-OH is 1. The summed E-state index contributed by atoms with van der Waals surface area (Å²) in [5.41, 5.74) is 0. The smallest absolute Gasteiger partial charge is 0.0541 e. The van der Waals surface area contributed by atoms with Crippen molar-refractivity contribution in [1.82, 2.24) is 4.90 Å². The predicted molar refractivity (Wildman–Crippen MR) is 59.8 cm³/mol. The van der Waals surface area contributed by atoms with Crippen LogP contribution in [0.3, 0.4) is 0 Å². The Balaban J connectivity index is 1.77. The summed E-state index contributed by atoms with van der Waals surface area (Å²) in [4.78, 5) is 2.60. The van der Waals surface area contributed by atoms with E-state index in [1.807, 2.05) is 6.92 Å². The zero-order valence-electron chi connectivity index (χ0n) is 9.69. The van der Waals surface area contributed by atoms with Gasteiger partial charge < -0.3 is 14.7 Å². The van der Waals surface area contributed by atoms with E-state index in [4.69, 9.17) is 4.74 Å². The number of nitrogens with zero attached hydrogens (tertiary/aromatic N) is 1. The minimum absolute atomic E-state index is 0.123. The van der Waals surface area contributed by atoms with Crippen molar-refractivity contribution in [2.24, 2.45) is 5.92 Å². The van der Waals surface area contributed by atoms with Crippen LogP contribution >= 0.6 is 0 Å². The van der Waals surface area contributed by atoms with Crippen molar-refractivity contribution in [1.29, 1.82) is 0 Å². The summed E-state index contributed by atoms with van der Waals surface area (Å²) in [5, 5.41) is 9.54. The second kappa shape index (κ2) is 5.28. The Bertz CT molecular complexity index is 182. The normalized spacial score (nSPS) is 29.2. The van der Waals surface area contributed by atoms with E-state index in [0.717, 1.165) is 32.1 Å². The first kappa shape index (κ1) is 11.4. The fourth-order valence-electron chi connectivity index (χ4n) is 2.82. The van der Waals surface area contributed by atoms with Crippen LogP contribution in [0.25, 0.3) is 0 Å². The highest BCUT2D eigenvalue weighted by atomic mass is 16.5. The van der Waals surface area contributed by atoms with Crippen molar-refractivity contribution in [2.75, 3.05) is 26.3 Å². The molecule has 0 saturated carbocycles. The van der Waals surface area contributed by atoms with Crippen LogP contribution < -0.4 is 0 Å². The van der Waals surface area contributed by atoms with Crippen LogP contribution in [0.15, 0.2) is 0 Å². The summed E-state index contributed by atoms with van der Waals surface area (Å²) in [6, 6.07) is 0.744. The number of rotatable bonds is 2. The van der Waals surface area contributed by atoms with Crippen LogP contribution in [0.1, 0.15) is 32.6 Å². The molecular weight excluding hydrogens is 190 g/mol. The third kappa shape index (κ3) is 2.92. The molecule has 0 bridgehead atoms. The molecule has 0 unspecified atom stereocenters. The molecule has 3 nitrogen and oxygen atoms in total. The van der Waals surface area contributed by atoms with Gasteiger partial charge >= 0.3 is 0 Å². The largest absolute Gasteiger partial charge is 0.393 e. The first-order valence-corrected chi connectivity index (χ1v) is 6.27. The lowest BCUT2D eigenvalue weighted by Gasteiger charge is -2.39. The van der Waals surface area contributed by atoms with Gasteiger partial charge in [-0.15, -0.1) is 0 Å². The van der Waals surface area contributed by atoms with Gasteiger partial charge in [0.1, 0.15) is 0 Å². The average Bonchev–Trinajstić information content (AvgIpc) is 2.30. The molecule has 0 amide bonds. The summed E-state index contributed by atoms with van der Waals surface area (Å²) >= 11 is 0. The SMILES string of the molecule is C[C@H](O)C1CCN(C2CCOCC2)CC1. The van der Waals surface area contributed by atoms with Crippen molar-refractivity contribution in [3.63, 3.8) is 0 Å². The lowest BCUT2D eigenvalue weighted by Crippen LogP contribution is -2.45. The molecule has 88 valence electrons. The minimum Gasteiger partial charge on any atom is -0.393 e.